The van der Waals surface area contributed by atoms with Crippen LogP contribution in [0.2, 0.25) is 0 Å². The Morgan fingerprint density at radius 2 is 0.939 bits per heavy atom. The fourth-order valence-electron chi connectivity index (χ4n) is 4.64. The van der Waals surface area contributed by atoms with Crippen LogP contribution >= 0.6 is 22.7 Å². The van der Waals surface area contributed by atoms with Crippen LogP contribution in [0, 0.1) is 6.92 Å². The number of hydrogen-bond acceptors (Lipinski definition) is 5. The van der Waals surface area contributed by atoms with Gasteiger partial charge >= 0.3 is 0 Å². The molecule has 0 N–H and O–H groups in total. The molecule has 0 amide bonds. The summed E-state index contributed by atoms with van der Waals surface area (Å²) in [6.07, 6.45) is 0. The molecule has 0 spiro atoms. The third kappa shape index (κ3) is 2.90. The Morgan fingerprint density at radius 1 is 0.485 bits per heavy atom. The quantitative estimate of drug-likeness (QED) is 0.261. The molecule has 4 aromatic carbocycles. The Labute approximate surface area is 198 Å². The zero-order chi connectivity index (χ0) is 21.9. The smallest absolute Gasteiger partial charge is 0.164 e. The van der Waals surface area contributed by atoms with Crippen LogP contribution in [0.15, 0.2) is 84.9 Å². The summed E-state index contributed by atoms with van der Waals surface area (Å²) in [5, 5.41) is 4.93. The maximum Gasteiger partial charge on any atom is 0.164 e. The second-order valence-corrected chi connectivity index (χ2v) is 10.3. The van der Waals surface area contributed by atoms with Crippen molar-refractivity contribution in [2.75, 3.05) is 0 Å². The molecule has 0 saturated heterocycles. The molecule has 0 atom stereocenters. The normalized spacial score (nSPS) is 11.8. The van der Waals surface area contributed by atoms with E-state index in [1.54, 1.807) is 0 Å². The van der Waals surface area contributed by atoms with Crippen LogP contribution in [-0.2, 0) is 0 Å². The van der Waals surface area contributed by atoms with Gasteiger partial charge in [-0.05, 0) is 31.2 Å². The molecular formula is C28H17N3S2. The molecule has 3 nitrogen and oxygen atoms in total. The number of nitrogens with zero attached hydrogens (tertiary/aromatic N) is 3. The van der Waals surface area contributed by atoms with E-state index in [1.165, 1.54) is 40.3 Å². The van der Waals surface area contributed by atoms with Gasteiger partial charge in [0.15, 0.2) is 11.6 Å². The summed E-state index contributed by atoms with van der Waals surface area (Å²) >= 11 is 3.62. The van der Waals surface area contributed by atoms with E-state index in [-0.39, 0.29) is 0 Å². The summed E-state index contributed by atoms with van der Waals surface area (Å²) < 4.78 is 5.06. The summed E-state index contributed by atoms with van der Waals surface area (Å²) in [4.78, 5) is 14.6. The zero-order valence-electron chi connectivity index (χ0n) is 17.7. The van der Waals surface area contributed by atoms with Crippen LogP contribution in [-0.4, -0.2) is 15.0 Å². The van der Waals surface area contributed by atoms with Gasteiger partial charge in [0.2, 0.25) is 0 Å². The molecule has 5 heteroatoms. The lowest BCUT2D eigenvalue weighted by atomic mass is 10.0. The van der Waals surface area contributed by atoms with E-state index in [9.17, 15) is 0 Å². The van der Waals surface area contributed by atoms with Crippen LogP contribution in [0.3, 0.4) is 0 Å². The molecule has 7 aromatic rings. The average Bonchev–Trinajstić information content (AvgIpc) is 3.42. The average molecular weight is 460 g/mol. The van der Waals surface area contributed by atoms with E-state index in [2.05, 4.69) is 84.9 Å². The van der Waals surface area contributed by atoms with Gasteiger partial charge in [0.25, 0.3) is 0 Å². The molecule has 0 aliphatic rings. The van der Waals surface area contributed by atoms with Crippen molar-refractivity contribution in [1.29, 1.82) is 0 Å². The van der Waals surface area contributed by atoms with Gasteiger partial charge < -0.3 is 0 Å². The van der Waals surface area contributed by atoms with Gasteiger partial charge in [-0.3, -0.25) is 0 Å². The van der Waals surface area contributed by atoms with Crippen molar-refractivity contribution in [2.45, 2.75) is 6.92 Å². The maximum atomic E-state index is 5.03. The Morgan fingerprint density at radius 3 is 1.45 bits per heavy atom. The molecule has 0 radical (unpaired) electrons. The fraction of sp³-hybridized carbons (Fsp3) is 0.0357. The molecule has 0 aliphatic carbocycles. The molecule has 7 rings (SSSR count). The van der Waals surface area contributed by atoms with Crippen molar-refractivity contribution in [3.8, 4) is 22.8 Å². The lowest BCUT2D eigenvalue weighted by Crippen LogP contribution is -2.00. The van der Waals surface area contributed by atoms with E-state index in [0.717, 1.165) is 28.6 Å². The predicted molar refractivity (Wildman–Crippen MR) is 141 cm³/mol. The molecule has 0 unspecified atom stereocenters. The van der Waals surface area contributed by atoms with Crippen molar-refractivity contribution < 1.29 is 0 Å². The van der Waals surface area contributed by atoms with E-state index in [1.807, 2.05) is 29.6 Å². The number of thiophene rings is 2. The second kappa shape index (κ2) is 7.17. The first-order valence-corrected chi connectivity index (χ1v) is 12.4. The van der Waals surface area contributed by atoms with Crippen molar-refractivity contribution in [1.82, 2.24) is 15.0 Å². The summed E-state index contributed by atoms with van der Waals surface area (Å²) in [7, 11) is 0. The van der Waals surface area contributed by atoms with Crippen LogP contribution in [0.4, 0.5) is 0 Å². The molecule has 0 bridgehead atoms. The van der Waals surface area contributed by atoms with E-state index in [0.29, 0.717) is 0 Å². The van der Waals surface area contributed by atoms with Gasteiger partial charge in [0.1, 0.15) is 5.82 Å². The van der Waals surface area contributed by atoms with E-state index in [4.69, 9.17) is 15.0 Å². The monoisotopic (exact) mass is 459 g/mol. The topological polar surface area (TPSA) is 38.7 Å². The Hall–Kier alpha value is -3.67. The summed E-state index contributed by atoms with van der Waals surface area (Å²) in [5.41, 5.74) is 2.11. The first-order chi connectivity index (χ1) is 16.3. The molecule has 0 saturated carbocycles. The standard InChI is InChI=1S/C28H17N3S2/c1-16-29-27(19-10-6-14-23-25(19)17-8-2-4-12-21(17)32-23)31-28(30-16)20-11-7-15-24-26(20)18-9-3-5-13-22(18)33-24/h2-15H,1H3. The van der Waals surface area contributed by atoms with E-state index >= 15 is 0 Å². The van der Waals surface area contributed by atoms with Crippen molar-refractivity contribution >= 4 is 63.0 Å². The molecule has 3 aromatic heterocycles. The minimum absolute atomic E-state index is 0.725. The molecule has 156 valence electrons. The highest BCUT2D eigenvalue weighted by Crippen LogP contribution is 2.41. The Bertz CT molecular complexity index is 1710. The Balaban J connectivity index is 1.52. The van der Waals surface area contributed by atoms with Crippen LogP contribution < -0.4 is 0 Å². The minimum Gasteiger partial charge on any atom is -0.213 e. The van der Waals surface area contributed by atoms with Gasteiger partial charge in [0.05, 0.1) is 0 Å². The number of rotatable bonds is 2. The SMILES string of the molecule is Cc1nc(-c2cccc3sc4ccccc4c23)nc(-c2cccc3sc4ccccc4c23)n1. The molecule has 0 aliphatic heterocycles. The number of hydrogen-bond donors (Lipinski definition) is 0. The highest BCUT2D eigenvalue weighted by molar-refractivity contribution is 7.26. The fourth-order valence-corrected chi connectivity index (χ4v) is 6.91. The predicted octanol–water partition coefficient (Wildman–Crippen LogP) is 8.25. The first kappa shape index (κ1) is 18.9. The highest BCUT2D eigenvalue weighted by atomic mass is 32.1. The van der Waals surface area contributed by atoms with Gasteiger partial charge in [-0.2, -0.15) is 0 Å². The number of benzene rings is 4. The van der Waals surface area contributed by atoms with Crippen molar-refractivity contribution in [2.24, 2.45) is 0 Å². The second-order valence-electron chi connectivity index (χ2n) is 8.08. The number of aromatic nitrogens is 3. The molecule has 33 heavy (non-hydrogen) atoms. The lowest BCUT2D eigenvalue weighted by molar-refractivity contribution is 0.995. The lowest BCUT2D eigenvalue weighted by Gasteiger charge is -2.08. The summed E-state index contributed by atoms with van der Waals surface area (Å²) in [5.74, 6) is 2.18. The third-order valence-corrected chi connectivity index (χ3v) is 8.31. The molecule has 0 fully saturated rings. The Kier molecular flexibility index (Phi) is 4.10. The first-order valence-electron chi connectivity index (χ1n) is 10.8. The largest absolute Gasteiger partial charge is 0.213 e. The maximum absolute atomic E-state index is 5.03. The van der Waals surface area contributed by atoms with Crippen LogP contribution in [0.25, 0.3) is 63.1 Å². The third-order valence-electron chi connectivity index (χ3n) is 6.03. The van der Waals surface area contributed by atoms with Crippen molar-refractivity contribution in [3.63, 3.8) is 0 Å². The van der Waals surface area contributed by atoms with E-state index < -0.39 is 0 Å². The highest BCUT2D eigenvalue weighted by Gasteiger charge is 2.17. The van der Waals surface area contributed by atoms with Gasteiger partial charge in [-0.1, -0.05) is 60.7 Å². The summed E-state index contributed by atoms with van der Waals surface area (Å²) in [6, 6.07) is 29.9. The van der Waals surface area contributed by atoms with Gasteiger partial charge in [-0.25, -0.2) is 15.0 Å². The zero-order valence-corrected chi connectivity index (χ0v) is 19.4. The van der Waals surface area contributed by atoms with Crippen LogP contribution in [0.5, 0.6) is 0 Å². The number of aryl methyl sites for hydroxylation is 1. The van der Waals surface area contributed by atoms with Crippen molar-refractivity contribution in [3.05, 3.63) is 90.8 Å². The molecular weight excluding hydrogens is 442 g/mol. The number of fused-ring (bicyclic) bond motifs is 6. The minimum atomic E-state index is 0.725. The van der Waals surface area contributed by atoms with Gasteiger partial charge in [0, 0.05) is 51.5 Å². The van der Waals surface area contributed by atoms with Gasteiger partial charge in [-0.15, -0.1) is 22.7 Å². The van der Waals surface area contributed by atoms with Crippen LogP contribution in [0.1, 0.15) is 5.82 Å². The molecule has 3 heterocycles. The summed E-state index contributed by atoms with van der Waals surface area (Å²) in [6.45, 7) is 1.95.